The quantitative estimate of drug-likeness (QED) is 0.652. The number of aliphatic hydroxyl groups is 1. The lowest BCUT2D eigenvalue weighted by molar-refractivity contribution is 0.269. The number of nitrogens with one attached hydrogen (secondary N) is 1. The predicted octanol–water partition coefficient (Wildman–Crippen LogP) is 3.09. The molecule has 114 valence electrons. The number of unbranched alkanes of at least 4 members (excludes halogenated alkanes) is 2. The second kappa shape index (κ2) is 10.2. The second-order valence-electron chi connectivity index (χ2n) is 5.27. The van der Waals surface area contributed by atoms with E-state index in [0.29, 0.717) is 12.6 Å². The number of halogens is 1. The SMILES string of the molecule is CNC(CCN(C)CCCCCO)c1cccc(Cl)c1. The molecular weight excluding hydrogens is 272 g/mol. The molecule has 0 aliphatic heterocycles. The highest BCUT2D eigenvalue weighted by atomic mass is 35.5. The van der Waals surface area contributed by atoms with Gasteiger partial charge in [-0.2, -0.15) is 0 Å². The third-order valence-electron chi connectivity index (χ3n) is 3.60. The molecule has 1 unspecified atom stereocenters. The zero-order chi connectivity index (χ0) is 14.8. The van der Waals surface area contributed by atoms with Crippen LogP contribution >= 0.6 is 11.6 Å². The maximum Gasteiger partial charge on any atom is 0.0431 e. The Balaban J connectivity index is 2.34. The summed E-state index contributed by atoms with van der Waals surface area (Å²) in [6.07, 6.45) is 4.23. The van der Waals surface area contributed by atoms with Crippen LogP contribution in [0, 0.1) is 0 Å². The molecule has 0 aliphatic carbocycles. The van der Waals surface area contributed by atoms with E-state index >= 15 is 0 Å². The van der Waals surface area contributed by atoms with E-state index in [0.717, 1.165) is 43.8 Å². The van der Waals surface area contributed by atoms with E-state index in [1.807, 2.05) is 25.2 Å². The molecule has 3 nitrogen and oxygen atoms in total. The van der Waals surface area contributed by atoms with Gasteiger partial charge in [0.2, 0.25) is 0 Å². The van der Waals surface area contributed by atoms with Gasteiger partial charge in [-0.25, -0.2) is 0 Å². The third-order valence-corrected chi connectivity index (χ3v) is 3.83. The van der Waals surface area contributed by atoms with Crippen molar-refractivity contribution in [2.45, 2.75) is 31.7 Å². The molecule has 0 bridgehead atoms. The van der Waals surface area contributed by atoms with Crippen molar-refractivity contribution in [1.82, 2.24) is 10.2 Å². The van der Waals surface area contributed by atoms with Crippen molar-refractivity contribution in [3.63, 3.8) is 0 Å². The Morgan fingerprint density at radius 1 is 1.25 bits per heavy atom. The molecule has 0 aliphatic rings. The van der Waals surface area contributed by atoms with E-state index < -0.39 is 0 Å². The Labute approximate surface area is 127 Å². The molecule has 0 heterocycles. The van der Waals surface area contributed by atoms with Crippen molar-refractivity contribution in [2.75, 3.05) is 33.8 Å². The highest BCUT2D eigenvalue weighted by Crippen LogP contribution is 2.20. The van der Waals surface area contributed by atoms with Crippen molar-refractivity contribution in [3.05, 3.63) is 34.9 Å². The van der Waals surface area contributed by atoms with Crippen molar-refractivity contribution in [3.8, 4) is 0 Å². The number of hydrogen-bond acceptors (Lipinski definition) is 3. The average molecular weight is 299 g/mol. The van der Waals surface area contributed by atoms with Gasteiger partial charge in [-0.15, -0.1) is 0 Å². The molecule has 0 spiro atoms. The van der Waals surface area contributed by atoms with Crippen molar-refractivity contribution < 1.29 is 5.11 Å². The fourth-order valence-electron chi connectivity index (χ4n) is 2.33. The van der Waals surface area contributed by atoms with Crippen LogP contribution in [-0.2, 0) is 0 Å². The second-order valence-corrected chi connectivity index (χ2v) is 5.71. The van der Waals surface area contributed by atoms with Crippen LogP contribution in [0.3, 0.4) is 0 Å². The molecule has 0 saturated carbocycles. The first kappa shape index (κ1) is 17.4. The van der Waals surface area contributed by atoms with E-state index in [-0.39, 0.29) is 0 Å². The summed E-state index contributed by atoms with van der Waals surface area (Å²) in [4.78, 5) is 2.35. The first-order valence-electron chi connectivity index (χ1n) is 7.39. The maximum absolute atomic E-state index is 8.76. The fourth-order valence-corrected chi connectivity index (χ4v) is 2.53. The Kier molecular flexibility index (Phi) is 8.86. The minimum absolute atomic E-state index is 0.306. The van der Waals surface area contributed by atoms with Gasteiger partial charge < -0.3 is 15.3 Å². The normalized spacial score (nSPS) is 12.8. The molecule has 1 aromatic rings. The molecule has 20 heavy (non-hydrogen) atoms. The van der Waals surface area contributed by atoms with Crippen LogP contribution in [-0.4, -0.2) is 43.8 Å². The van der Waals surface area contributed by atoms with Gasteiger partial charge in [0.1, 0.15) is 0 Å². The molecule has 1 aromatic carbocycles. The first-order valence-corrected chi connectivity index (χ1v) is 7.77. The molecule has 1 rings (SSSR count). The van der Waals surface area contributed by atoms with Gasteiger partial charge in [-0.1, -0.05) is 23.7 Å². The number of hydrogen-bond donors (Lipinski definition) is 2. The Morgan fingerprint density at radius 3 is 2.70 bits per heavy atom. The molecule has 0 saturated heterocycles. The van der Waals surface area contributed by atoms with Gasteiger partial charge in [-0.05, 0) is 70.6 Å². The monoisotopic (exact) mass is 298 g/mol. The summed E-state index contributed by atoms with van der Waals surface area (Å²) >= 11 is 6.05. The number of aliphatic hydroxyl groups excluding tert-OH is 1. The summed E-state index contributed by atoms with van der Waals surface area (Å²) in [6.45, 7) is 2.45. The van der Waals surface area contributed by atoms with Crippen LogP contribution in [0.5, 0.6) is 0 Å². The summed E-state index contributed by atoms with van der Waals surface area (Å²) in [5.74, 6) is 0. The standard InChI is InChI=1S/C16H27ClN2O/c1-18-16(14-7-6-8-15(17)13-14)9-11-19(2)10-4-3-5-12-20/h6-8,13,16,18,20H,3-5,9-12H2,1-2H3. The number of nitrogens with zero attached hydrogens (tertiary/aromatic N) is 1. The van der Waals surface area contributed by atoms with Crippen LogP contribution in [0.15, 0.2) is 24.3 Å². The minimum atomic E-state index is 0.306. The summed E-state index contributed by atoms with van der Waals surface area (Å²) in [7, 11) is 4.15. The molecule has 2 N–H and O–H groups in total. The maximum atomic E-state index is 8.76. The lowest BCUT2D eigenvalue weighted by atomic mass is 10.0. The van der Waals surface area contributed by atoms with Crippen molar-refractivity contribution in [2.24, 2.45) is 0 Å². The van der Waals surface area contributed by atoms with Crippen LogP contribution in [0.1, 0.15) is 37.3 Å². The van der Waals surface area contributed by atoms with E-state index in [1.54, 1.807) is 0 Å². The van der Waals surface area contributed by atoms with Gasteiger partial charge in [0.15, 0.2) is 0 Å². The molecule has 0 amide bonds. The molecular formula is C16H27ClN2O. The molecule has 0 fully saturated rings. The van der Waals surface area contributed by atoms with Gasteiger partial charge in [0.25, 0.3) is 0 Å². The summed E-state index contributed by atoms with van der Waals surface area (Å²) in [6, 6.07) is 8.40. The highest BCUT2D eigenvalue weighted by Gasteiger charge is 2.10. The molecule has 4 heteroatoms. The third kappa shape index (κ3) is 6.71. The van der Waals surface area contributed by atoms with Crippen molar-refractivity contribution in [1.29, 1.82) is 0 Å². The average Bonchev–Trinajstić information content (AvgIpc) is 2.44. The lowest BCUT2D eigenvalue weighted by Gasteiger charge is -2.22. The zero-order valence-corrected chi connectivity index (χ0v) is 13.4. The first-order chi connectivity index (χ1) is 9.67. The Morgan fingerprint density at radius 2 is 2.05 bits per heavy atom. The summed E-state index contributed by atoms with van der Waals surface area (Å²) in [5.41, 5.74) is 1.24. The van der Waals surface area contributed by atoms with Crippen molar-refractivity contribution >= 4 is 11.6 Å². The molecule has 0 aromatic heterocycles. The Hall–Kier alpha value is -0.610. The largest absolute Gasteiger partial charge is 0.396 e. The van der Waals surface area contributed by atoms with E-state index in [2.05, 4.69) is 23.3 Å². The minimum Gasteiger partial charge on any atom is -0.396 e. The van der Waals surface area contributed by atoms with Gasteiger partial charge in [0.05, 0.1) is 0 Å². The fraction of sp³-hybridized carbons (Fsp3) is 0.625. The summed E-state index contributed by atoms with van der Waals surface area (Å²) in [5, 5.41) is 12.9. The summed E-state index contributed by atoms with van der Waals surface area (Å²) < 4.78 is 0. The van der Waals surface area contributed by atoms with E-state index in [9.17, 15) is 0 Å². The van der Waals surface area contributed by atoms with Gasteiger partial charge >= 0.3 is 0 Å². The van der Waals surface area contributed by atoms with Crippen LogP contribution in [0.4, 0.5) is 0 Å². The smallest absolute Gasteiger partial charge is 0.0431 e. The van der Waals surface area contributed by atoms with E-state index in [4.69, 9.17) is 16.7 Å². The zero-order valence-electron chi connectivity index (χ0n) is 12.6. The van der Waals surface area contributed by atoms with Gasteiger partial charge in [0, 0.05) is 17.7 Å². The predicted molar refractivity (Wildman–Crippen MR) is 86.3 cm³/mol. The van der Waals surface area contributed by atoms with Crippen LogP contribution < -0.4 is 5.32 Å². The number of benzene rings is 1. The van der Waals surface area contributed by atoms with E-state index in [1.165, 1.54) is 5.56 Å². The topological polar surface area (TPSA) is 35.5 Å². The Bertz CT molecular complexity index is 373. The lowest BCUT2D eigenvalue weighted by Crippen LogP contribution is -2.26. The molecule has 0 radical (unpaired) electrons. The van der Waals surface area contributed by atoms with Crippen LogP contribution in [0.25, 0.3) is 0 Å². The number of rotatable bonds is 10. The van der Waals surface area contributed by atoms with Gasteiger partial charge in [-0.3, -0.25) is 0 Å². The highest BCUT2D eigenvalue weighted by molar-refractivity contribution is 6.30. The molecule has 1 atom stereocenters. The van der Waals surface area contributed by atoms with Crippen LogP contribution in [0.2, 0.25) is 5.02 Å².